The van der Waals surface area contributed by atoms with E-state index in [9.17, 15) is 9.18 Å². The van der Waals surface area contributed by atoms with Gasteiger partial charge in [0, 0.05) is 12.1 Å². The highest BCUT2D eigenvalue weighted by molar-refractivity contribution is 5.93. The van der Waals surface area contributed by atoms with Crippen molar-refractivity contribution in [1.82, 2.24) is 25.5 Å². The van der Waals surface area contributed by atoms with Crippen LogP contribution in [0.4, 0.5) is 4.39 Å². The monoisotopic (exact) mass is 371 g/mol. The van der Waals surface area contributed by atoms with Gasteiger partial charge in [-0.1, -0.05) is 0 Å². The van der Waals surface area contributed by atoms with Crippen molar-refractivity contribution >= 4 is 5.91 Å². The predicted molar refractivity (Wildman–Crippen MR) is 92.4 cm³/mol. The van der Waals surface area contributed by atoms with E-state index in [4.69, 9.17) is 9.15 Å². The summed E-state index contributed by atoms with van der Waals surface area (Å²) in [5, 5.41) is 9.84. The zero-order valence-corrected chi connectivity index (χ0v) is 14.4. The number of H-pyrrole nitrogens is 1. The molecule has 9 heteroatoms. The average molecular weight is 371 g/mol. The summed E-state index contributed by atoms with van der Waals surface area (Å²) in [6, 6.07) is 5.45. The van der Waals surface area contributed by atoms with Gasteiger partial charge in [-0.3, -0.25) is 9.89 Å². The lowest BCUT2D eigenvalue weighted by molar-refractivity contribution is 0.0880. The topological polar surface area (TPSA) is 106 Å². The van der Waals surface area contributed by atoms with E-state index >= 15 is 0 Å². The lowest BCUT2D eigenvalue weighted by atomic mass is 9.93. The molecule has 0 radical (unpaired) electrons. The molecule has 1 aliphatic rings. The first kappa shape index (κ1) is 17.2. The van der Waals surface area contributed by atoms with Gasteiger partial charge in [0.05, 0.1) is 18.7 Å². The van der Waals surface area contributed by atoms with Gasteiger partial charge in [0.25, 0.3) is 5.91 Å². The molecular formula is C18H18FN5O3. The van der Waals surface area contributed by atoms with Crippen LogP contribution in [0.5, 0.6) is 6.01 Å². The zero-order chi connectivity index (χ0) is 18.6. The summed E-state index contributed by atoms with van der Waals surface area (Å²) in [5.74, 6) is -0.0974. The maximum absolute atomic E-state index is 12.8. The van der Waals surface area contributed by atoms with Crippen molar-refractivity contribution in [3.8, 4) is 17.5 Å². The van der Waals surface area contributed by atoms with E-state index in [0.717, 1.165) is 38.1 Å². The average Bonchev–Trinajstić information content (AvgIpc) is 3.36. The number of amides is 1. The number of hydrogen-bond donors (Lipinski definition) is 2. The first-order valence-electron chi connectivity index (χ1n) is 8.72. The molecule has 1 fully saturated rings. The summed E-state index contributed by atoms with van der Waals surface area (Å²) >= 11 is 0. The molecule has 0 unspecified atom stereocenters. The summed E-state index contributed by atoms with van der Waals surface area (Å²) in [7, 11) is 0. The molecule has 2 N–H and O–H groups in total. The maximum Gasteiger partial charge on any atom is 0.316 e. The van der Waals surface area contributed by atoms with Gasteiger partial charge in [0.2, 0.25) is 0 Å². The number of aromatic nitrogens is 4. The number of rotatable bonds is 5. The van der Waals surface area contributed by atoms with E-state index in [1.807, 2.05) is 0 Å². The van der Waals surface area contributed by atoms with Gasteiger partial charge in [-0.25, -0.2) is 14.4 Å². The molecule has 3 heterocycles. The van der Waals surface area contributed by atoms with E-state index < -0.39 is 5.82 Å². The van der Waals surface area contributed by atoms with E-state index in [1.165, 1.54) is 0 Å². The Morgan fingerprint density at radius 3 is 2.74 bits per heavy atom. The number of ether oxygens (including phenoxy) is 1. The van der Waals surface area contributed by atoms with Crippen molar-refractivity contribution < 1.29 is 18.3 Å². The van der Waals surface area contributed by atoms with Crippen molar-refractivity contribution in [3.63, 3.8) is 0 Å². The van der Waals surface area contributed by atoms with Crippen molar-refractivity contribution in [3.05, 3.63) is 48.4 Å². The Morgan fingerprint density at radius 2 is 2.04 bits per heavy atom. The van der Waals surface area contributed by atoms with Crippen molar-refractivity contribution in [2.24, 2.45) is 0 Å². The molecule has 0 aliphatic heterocycles. The summed E-state index contributed by atoms with van der Waals surface area (Å²) in [4.78, 5) is 20.0. The minimum atomic E-state index is -0.498. The van der Waals surface area contributed by atoms with E-state index in [0.29, 0.717) is 17.1 Å². The van der Waals surface area contributed by atoms with Crippen molar-refractivity contribution in [1.29, 1.82) is 0 Å². The molecule has 8 nitrogen and oxygen atoms in total. The molecular weight excluding hydrogens is 353 g/mol. The zero-order valence-electron chi connectivity index (χ0n) is 14.4. The van der Waals surface area contributed by atoms with Gasteiger partial charge in [-0.15, -0.1) is 0 Å². The van der Waals surface area contributed by atoms with Crippen LogP contribution in [-0.4, -0.2) is 38.2 Å². The van der Waals surface area contributed by atoms with Crippen molar-refractivity contribution in [2.75, 3.05) is 0 Å². The second-order valence-corrected chi connectivity index (χ2v) is 6.39. The van der Waals surface area contributed by atoms with E-state index in [-0.39, 0.29) is 24.1 Å². The van der Waals surface area contributed by atoms with Crippen LogP contribution >= 0.6 is 0 Å². The lowest BCUT2D eigenvalue weighted by Gasteiger charge is -2.28. The third kappa shape index (κ3) is 4.13. The molecule has 4 rings (SSSR count). The molecule has 1 aliphatic carbocycles. The smallest absolute Gasteiger partial charge is 0.316 e. The molecule has 27 heavy (non-hydrogen) atoms. The number of furan rings is 1. The second-order valence-electron chi connectivity index (χ2n) is 6.39. The quantitative estimate of drug-likeness (QED) is 0.714. The highest BCUT2D eigenvalue weighted by Gasteiger charge is 2.25. The Balaban J connectivity index is 1.27. The highest BCUT2D eigenvalue weighted by atomic mass is 19.1. The van der Waals surface area contributed by atoms with Gasteiger partial charge in [0.15, 0.2) is 17.3 Å². The Morgan fingerprint density at radius 1 is 1.26 bits per heavy atom. The maximum atomic E-state index is 12.8. The molecule has 0 saturated heterocycles. The first-order chi connectivity index (χ1) is 13.2. The minimum absolute atomic E-state index is 0.0421. The van der Waals surface area contributed by atoms with Crippen molar-refractivity contribution in [2.45, 2.75) is 37.8 Å². The van der Waals surface area contributed by atoms with Crippen LogP contribution in [0.1, 0.15) is 36.2 Å². The van der Waals surface area contributed by atoms with Gasteiger partial charge >= 0.3 is 6.01 Å². The Hall–Kier alpha value is -3.23. The van der Waals surface area contributed by atoms with Gasteiger partial charge in [-0.05, 0) is 37.8 Å². The molecule has 0 aromatic carbocycles. The largest absolute Gasteiger partial charge is 0.463 e. The number of carbonyl (C=O) groups is 1. The van der Waals surface area contributed by atoms with Crippen LogP contribution < -0.4 is 10.1 Å². The number of halogens is 1. The van der Waals surface area contributed by atoms with Crippen LogP contribution in [0.25, 0.3) is 11.5 Å². The van der Waals surface area contributed by atoms with Crippen LogP contribution in [-0.2, 0) is 0 Å². The normalized spacial score (nSPS) is 19.6. The molecule has 1 amide bonds. The summed E-state index contributed by atoms with van der Waals surface area (Å²) in [6.07, 6.45) is 6.73. The molecule has 140 valence electrons. The fourth-order valence-corrected chi connectivity index (χ4v) is 3.09. The van der Waals surface area contributed by atoms with Crippen LogP contribution in [0, 0.1) is 5.82 Å². The summed E-state index contributed by atoms with van der Waals surface area (Å²) in [5.41, 5.74) is 0.973. The summed E-state index contributed by atoms with van der Waals surface area (Å²) < 4.78 is 23.8. The van der Waals surface area contributed by atoms with Gasteiger partial charge in [0.1, 0.15) is 11.8 Å². The predicted octanol–water partition coefficient (Wildman–Crippen LogP) is 2.72. The third-order valence-electron chi connectivity index (χ3n) is 4.48. The van der Waals surface area contributed by atoms with Crippen LogP contribution in [0.2, 0.25) is 0 Å². The minimum Gasteiger partial charge on any atom is -0.463 e. The fraction of sp³-hybridized carbons (Fsp3) is 0.333. The fourth-order valence-electron chi connectivity index (χ4n) is 3.09. The number of carbonyl (C=O) groups excluding carboxylic acids is 1. The molecule has 3 aromatic rings. The van der Waals surface area contributed by atoms with Gasteiger partial charge in [-0.2, -0.15) is 5.10 Å². The number of hydrogen-bond acceptors (Lipinski definition) is 6. The number of nitrogens with zero attached hydrogens (tertiary/aromatic N) is 3. The first-order valence-corrected chi connectivity index (χ1v) is 8.72. The molecule has 0 atom stereocenters. The molecule has 1 saturated carbocycles. The summed E-state index contributed by atoms with van der Waals surface area (Å²) in [6.45, 7) is 0. The number of aromatic amines is 1. The van der Waals surface area contributed by atoms with Gasteiger partial charge < -0.3 is 14.5 Å². The van der Waals surface area contributed by atoms with Crippen LogP contribution in [0.15, 0.2) is 41.3 Å². The molecule has 0 bridgehead atoms. The van der Waals surface area contributed by atoms with Crippen LogP contribution in [0.3, 0.4) is 0 Å². The third-order valence-corrected chi connectivity index (χ3v) is 4.48. The van der Waals surface area contributed by atoms with E-state index in [1.54, 1.807) is 24.5 Å². The van der Waals surface area contributed by atoms with E-state index in [2.05, 4.69) is 25.5 Å². The Kier molecular flexibility index (Phi) is 4.82. The standard InChI is InChI=1S/C18H18FN5O3/c19-11-9-20-18(21-10-11)27-13-5-3-12(4-6-13)22-17(25)15-8-14(23-24-15)16-2-1-7-26-16/h1-2,7-10,12-13H,3-6H2,(H,22,25)(H,23,24). The Bertz CT molecular complexity index is 886. The Labute approximate surface area is 154 Å². The lowest BCUT2D eigenvalue weighted by Crippen LogP contribution is -2.40. The molecule has 0 spiro atoms. The highest BCUT2D eigenvalue weighted by Crippen LogP contribution is 2.23. The second kappa shape index (κ2) is 7.56. The SMILES string of the molecule is O=C(NC1CCC(Oc2ncc(F)cn2)CC1)c1cc(-c2ccco2)[nH]n1. The molecule has 3 aromatic heterocycles. The number of nitrogens with one attached hydrogen (secondary N) is 2.